The lowest BCUT2D eigenvalue weighted by Crippen LogP contribution is -2.09. The minimum Gasteiger partial charge on any atom is -0.326 e. The molecular weight excluding hydrogens is 296 g/mol. The predicted molar refractivity (Wildman–Crippen MR) is 78.2 cm³/mol. The number of H-pyrrole nitrogens is 1. The first-order valence-corrected chi connectivity index (χ1v) is 8.68. The summed E-state index contributed by atoms with van der Waals surface area (Å²) in [7, 11) is -3.28. The zero-order valence-electron chi connectivity index (χ0n) is 11.0. The number of nitrogens with zero attached hydrogens (tertiary/aromatic N) is 2. The monoisotopic (exact) mass is 312 g/mol. The summed E-state index contributed by atoms with van der Waals surface area (Å²) in [6.45, 7) is 2.20. The zero-order chi connectivity index (χ0) is 14.6. The fourth-order valence-corrected chi connectivity index (χ4v) is 4.07. The molecule has 1 aromatic heterocycles. The molecule has 0 aliphatic carbocycles. The van der Waals surface area contributed by atoms with Crippen LogP contribution in [-0.4, -0.2) is 35.1 Å². The van der Waals surface area contributed by atoms with Crippen molar-refractivity contribution in [3.8, 4) is 0 Å². The minimum absolute atomic E-state index is 0.0488. The van der Waals surface area contributed by atoms with Gasteiger partial charge < -0.3 is 5.73 Å². The van der Waals surface area contributed by atoms with E-state index in [-0.39, 0.29) is 5.75 Å². The third kappa shape index (κ3) is 3.81. The summed E-state index contributed by atoms with van der Waals surface area (Å²) in [5.74, 6) is 1.18. The lowest BCUT2D eigenvalue weighted by Gasteiger charge is -2.04. The fraction of sp³-hybridized carbons (Fsp3) is 0.333. The highest BCUT2D eigenvalue weighted by Crippen LogP contribution is 2.17. The molecule has 6 nitrogen and oxygen atoms in total. The van der Waals surface area contributed by atoms with Gasteiger partial charge in [-0.1, -0.05) is 23.9 Å². The molecule has 0 atom stereocenters. The molecule has 0 bridgehead atoms. The maximum atomic E-state index is 12.1. The van der Waals surface area contributed by atoms with Crippen LogP contribution in [-0.2, 0) is 16.4 Å². The third-order valence-electron chi connectivity index (χ3n) is 2.68. The fourth-order valence-electron chi connectivity index (χ4n) is 1.58. The number of hydrogen-bond acceptors (Lipinski definition) is 6. The van der Waals surface area contributed by atoms with Crippen molar-refractivity contribution in [2.45, 2.75) is 23.5 Å². The van der Waals surface area contributed by atoms with E-state index in [1.54, 1.807) is 31.2 Å². The molecule has 2 aromatic rings. The number of benzene rings is 1. The first-order chi connectivity index (χ1) is 9.51. The van der Waals surface area contributed by atoms with Crippen LogP contribution >= 0.6 is 11.8 Å². The maximum absolute atomic E-state index is 12.1. The van der Waals surface area contributed by atoms with Crippen molar-refractivity contribution in [3.05, 3.63) is 35.7 Å². The molecule has 0 aliphatic heterocycles. The van der Waals surface area contributed by atoms with E-state index >= 15 is 0 Å². The molecule has 0 spiro atoms. The number of sulfone groups is 1. The second-order valence-corrected chi connectivity index (χ2v) is 7.39. The molecule has 0 saturated carbocycles. The average Bonchev–Trinajstić information content (AvgIpc) is 2.84. The number of nitrogens with two attached hydrogens (primary N) is 1. The van der Waals surface area contributed by atoms with Gasteiger partial charge in [0.2, 0.25) is 5.16 Å². The quantitative estimate of drug-likeness (QED) is 0.776. The highest BCUT2D eigenvalue weighted by atomic mass is 32.2. The normalized spacial score (nSPS) is 11.7. The number of rotatable bonds is 6. The topological polar surface area (TPSA) is 102 Å². The van der Waals surface area contributed by atoms with Crippen LogP contribution in [0.3, 0.4) is 0 Å². The van der Waals surface area contributed by atoms with Crippen LogP contribution in [0.5, 0.6) is 0 Å². The number of nitrogens with one attached hydrogen (secondary N) is 1. The predicted octanol–water partition coefficient (Wildman–Crippen LogP) is 1.14. The zero-order valence-corrected chi connectivity index (χ0v) is 12.7. The number of aromatic amines is 1. The van der Waals surface area contributed by atoms with Gasteiger partial charge in [0, 0.05) is 12.3 Å². The smallest absolute Gasteiger partial charge is 0.208 e. The molecule has 108 valence electrons. The number of thioether (sulfide) groups is 1. The van der Waals surface area contributed by atoms with Gasteiger partial charge in [-0.3, -0.25) is 5.10 Å². The van der Waals surface area contributed by atoms with E-state index in [2.05, 4.69) is 15.2 Å². The van der Waals surface area contributed by atoms with Crippen LogP contribution in [0.25, 0.3) is 0 Å². The Hall–Kier alpha value is -1.38. The van der Waals surface area contributed by atoms with E-state index in [0.717, 1.165) is 5.56 Å². The summed E-state index contributed by atoms with van der Waals surface area (Å²) < 4.78 is 24.3. The summed E-state index contributed by atoms with van der Waals surface area (Å²) in [5, 5.41) is 7.23. The Morgan fingerprint density at radius 2 is 2.00 bits per heavy atom. The van der Waals surface area contributed by atoms with Crippen LogP contribution in [0, 0.1) is 6.92 Å². The summed E-state index contributed by atoms with van der Waals surface area (Å²) in [5.41, 5.74) is 6.40. The molecule has 0 saturated heterocycles. The van der Waals surface area contributed by atoms with Gasteiger partial charge in [0.15, 0.2) is 9.84 Å². The van der Waals surface area contributed by atoms with E-state index in [1.165, 1.54) is 11.8 Å². The molecule has 1 heterocycles. The number of aromatic nitrogens is 3. The molecule has 0 fully saturated rings. The second-order valence-electron chi connectivity index (χ2n) is 4.22. The molecule has 8 heteroatoms. The molecule has 1 aromatic carbocycles. The van der Waals surface area contributed by atoms with Crippen LogP contribution in [0.1, 0.15) is 11.4 Å². The van der Waals surface area contributed by atoms with E-state index in [1.807, 2.05) is 0 Å². The Kier molecular flexibility index (Phi) is 4.79. The number of hydrogen-bond donors (Lipinski definition) is 2. The van der Waals surface area contributed by atoms with Crippen LogP contribution in [0.2, 0.25) is 0 Å². The minimum atomic E-state index is -3.28. The van der Waals surface area contributed by atoms with Gasteiger partial charge in [-0.2, -0.15) is 0 Å². The van der Waals surface area contributed by atoms with Gasteiger partial charge in [-0.25, -0.2) is 13.4 Å². The van der Waals surface area contributed by atoms with Crippen molar-refractivity contribution in [1.29, 1.82) is 0 Å². The largest absolute Gasteiger partial charge is 0.326 e. The van der Waals surface area contributed by atoms with Gasteiger partial charge in [0.1, 0.15) is 5.82 Å². The average molecular weight is 312 g/mol. The molecule has 0 unspecified atom stereocenters. The molecule has 0 radical (unpaired) electrons. The molecule has 20 heavy (non-hydrogen) atoms. The second kappa shape index (κ2) is 6.38. The summed E-state index contributed by atoms with van der Waals surface area (Å²) in [6.07, 6.45) is 0. The van der Waals surface area contributed by atoms with Crippen LogP contribution < -0.4 is 5.73 Å². The SMILES string of the molecule is Cc1nc(SCCS(=O)(=O)c2ccc(CN)cc2)n[nH]1. The Morgan fingerprint density at radius 3 is 2.55 bits per heavy atom. The first-order valence-electron chi connectivity index (χ1n) is 6.05. The Morgan fingerprint density at radius 1 is 1.30 bits per heavy atom. The van der Waals surface area contributed by atoms with Crippen molar-refractivity contribution in [2.24, 2.45) is 5.73 Å². The standard InChI is InChI=1S/C12H16N4O2S2/c1-9-14-12(16-15-9)19-6-7-20(17,18)11-4-2-10(8-13)3-5-11/h2-5H,6-8,13H2,1H3,(H,14,15,16). The van der Waals surface area contributed by atoms with E-state index in [9.17, 15) is 8.42 Å². The molecule has 2 rings (SSSR count). The lowest BCUT2D eigenvalue weighted by atomic mass is 10.2. The van der Waals surface area contributed by atoms with Crippen molar-refractivity contribution in [2.75, 3.05) is 11.5 Å². The van der Waals surface area contributed by atoms with Crippen molar-refractivity contribution in [3.63, 3.8) is 0 Å². The van der Waals surface area contributed by atoms with Gasteiger partial charge in [0.25, 0.3) is 0 Å². The molecular formula is C12H16N4O2S2. The van der Waals surface area contributed by atoms with Crippen LogP contribution in [0.4, 0.5) is 0 Å². The van der Waals surface area contributed by atoms with E-state index in [4.69, 9.17) is 5.73 Å². The Bertz CT molecular complexity index is 665. The van der Waals surface area contributed by atoms with Gasteiger partial charge in [0.05, 0.1) is 10.6 Å². The maximum Gasteiger partial charge on any atom is 0.208 e. The van der Waals surface area contributed by atoms with E-state index < -0.39 is 9.84 Å². The molecule has 0 aliphatic rings. The van der Waals surface area contributed by atoms with Crippen molar-refractivity contribution >= 4 is 21.6 Å². The lowest BCUT2D eigenvalue weighted by molar-refractivity contribution is 0.597. The molecule has 0 amide bonds. The van der Waals surface area contributed by atoms with Crippen LogP contribution in [0.15, 0.2) is 34.3 Å². The van der Waals surface area contributed by atoms with Crippen molar-refractivity contribution < 1.29 is 8.42 Å². The van der Waals surface area contributed by atoms with Gasteiger partial charge in [-0.05, 0) is 24.6 Å². The Labute approximate surface area is 122 Å². The highest BCUT2D eigenvalue weighted by Gasteiger charge is 2.14. The van der Waals surface area contributed by atoms with E-state index in [0.29, 0.717) is 28.2 Å². The third-order valence-corrected chi connectivity index (χ3v) is 5.52. The number of aryl methyl sites for hydroxylation is 1. The van der Waals surface area contributed by atoms with Gasteiger partial charge >= 0.3 is 0 Å². The summed E-state index contributed by atoms with van der Waals surface area (Å²) >= 11 is 1.32. The summed E-state index contributed by atoms with van der Waals surface area (Å²) in [6, 6.07) is 6.66. The summed E-state index contributed by atoms with van der Waals surface area (Å²) in [4.78, 5) is 4.43. The van der Waals surface area contributed by atoms with Gasteiger partial charge in [-0.15, -0.1) is 5.10 Å². The molecule has 3 N–H and O–H groups in total. The Balaban J connectivity index is 1.96. The van der Waals surface area contributed by atoms with Crippen molar-refractivity contribution in [1.82, 2.24) is 15.2 Å². The highest BCUT2D eigenvalue weighted by molar-refractivity contribution is 8.00. The first kappa shape index (κ1) is 15.0.